The summed E-state index contributed by atoms with van der Waals surface area (Å²) in [7, 11) is -3.44. The molecule has 1 fully saturated rings. The number of thiocarbonyl (C=S) groups is 1. The first-order valence-electron chi connectivity index (χ1n) is 8.76. The third-order valence-corrected chi connectivity index (χ3v) is 6.49. The molecule has 1 aliphatic rings. The Kier molecular flexibility index (Phi) is 5.90. The summed E-state index contributed by atoms with van der Waals surface area (Å²) in [4.78, 5) is 0.292. The number of nitrogens with zero attached hydrogens (tertiary/aromatic N) is 1. The van der Waals surface area contributed by atoms with Crippen LogP contribution in [0.5, 0.6) is 0 Å². The molecule has 26 heavy (non-hydrogen) atoms. The van der Waals surface area contributed by atoms with Crippen LogP contribution in [0.25, 0.3) is 0 Å². The maximum absolute atomic E-state index is 12.7. The number of benzene rings is 2. The Morgan fingerprint density at radius 3 is 2.31 bits per heavy atom. The lowest BCUT2D eigenvalue weighted by Crippen LogP contribution is -2.28. The zero-order valence-electron chi connectivity index (χ0n) is 14.7. The highest BCUT2D eigenvalue weighted by Gasteiger charge is 2.27. The molecule has 0 radical (unpaired) electrons. The van der Waals surface area contributed by atoms with E-state index in [2.05, 4.69) is 23.6 Å². The van der Waals surface area contributed by atoms with Gasteiger partial charge in [-0.15, -0.1) is 0 Å². The van der Waals surface area contributed by atoms with Crippen LogP contribution in [0.3, 0.4) is 0 Å². The highest BCUT2D eigenvalue weighted by Crippen LogP contribution is 2.23. The quantitative estimate of drug-likeness (QED) is 0.761. The smallest absolute Gasteiger partial charge is 0.243 e. The molecule has 2 aromatic carbocycles. The molecule has 0 bridgehead atoms. The van der Waals surface area contributed by atoms with E-state index in [4.69, 9.17) is 12.2 Å². The Labute approximate surface area is 160 Å². The van der Waals surface area contributed by atoms with Gasteiger partial charge in [0.1, 0.15) is 0 Å². The van der Waals surface area contributed by atoms with Crippen molar-refractivity contribution >= 4 is 38.7 Å². The zero-order valence-corrected chi connectivity index (χ0v) is 16.4. The van der Waals surface area contributed by atoms with Crippen LogP contribution in [0, 0.1) is 0 Å². The van der Waals surface area contributed by atoms with Crippen LogP contribution >= 0.6 is 12.2 Å². The SMILES string of the molecule is CCc1cccc(NC(=S)Nc2cccc(S(=O)(=O)N3CCCC3)c2)c1. The number of hydrogen-bond donors (Lipinski definition) is 2. The Balaban J connectivity index is 1.71. The molecule has 138 valence electrons. The van der Waals surface area contributed by atoms with E-state index in [0.717, 1.165) is 24.9 Å². The Morgan fingerprint density at radius 2 is 1.65 bits per heavy atom. The molecule has 0 atom stereocenters. The molecule has 5 nitrogen and oxygen atoms in total. The number of aryl methyl sites for hydroxylation is 1. The molecular weight excluding hydrogens is 366 g/mol. The van der Waals surface area contributed by atoms with Crippen molar-refractivity contribution < 1.29 is 8.42 Å². The van der Waals surface area contributed by atoms with E-state index in [1.165, 1.54) is 5.56 Å². The molecule has 0 spiro atoms. The standard InChI is InChI=1S/C19H23N3O2S2/c1-2-15-7-5-8-16(13-15)20-19(25)21-17-9-6-10-18(14-17)26(23,24)22-11-3-4-12-22/h5-10,13-14H,2-4,11-12H2,1H3,(H2,20,21,25). The van der Waals surface area contributed by atoms with E-state index in [-0.39, 0.29) is 0 Å². The van der Waals surface area contributed by atoms with Gasteiger partial charge < -0.3 is 10.6 Å². The highest BCUT2D eigenvalue weighted by molar-refractivity contribution is 7.89. The molecular formula is C19H23N3O2S2. The van der Waals surface area contributed by atoms with E-state index < -0.39 is 10.0 Å². The van der Waals surface area contributed by atoms with Crippen LogP contribution in [-0.2, 0) is 16.4 Å². The molecule has 1 aliphatic heterocycles. The topological polar surface area (TPSA) is 61.4 Å². The molecule has 7 heteroatoms. The summed E-state index contributed by atoms with van der Waals surface area (Å²) in [5.74, 6) is 0. The fourth-order valence-corrected chi connectivity index (χ4v) is 4.77. The lowest BCUT2D eigenvalue weighted by molar-refractivity contribution is 0.477. The number of sulfonamides is 1. The van der Waals surface area contributed by atoms with E-state index in [1.807, 2.05) is 18.2 Å². The van der Waals surface area contributed by atoms with Gasteiger partial charge in [0.05, 0.1) is 4.90 Å². The Morgan fingerprint density at radius 1 is 1.04 bits per heavy atom. The highest BCUT2D eigenvalue weighted by atomic mass is 32.2. The van der Waals surface area contributed by atoms with E-state index in [0.29, 0.717) is 28.8 Å². The second kappa shape index (κ2) is 8.16. The second-order valence-corrected chi connectivity index (χ2v) is 8.62. The van der Waals surface area contributed by atoms with Crippen molar-refractivity contribution in [1.29, 1.82) is 0 Å². The molecule has 2 aromatic rings. The molecule has 1 saturated heterocycles. The van der Waals surface area contributed by atoms with Gasteiger partial charge in [0.2, 0.25) is 10.0 Å². The predicted molar refractivity (Wildman–Crippen MR) is 110 cm³/mol. The third-order valence-electron chi connectivity index (χ3n) is 4.39. The molecule has 0 unspecified atom stereocenters. The first-order valence-corrected chi connectivity index (χ1v) is 10.6. The predicted octanol–water partition coefficient (Wildman–Crippen LogP) is 3.84. The Bertz CT molecular complexity index is 891. The van der Waals surface area contributed by atoms with Crippen molar-refractivity contribution in [3.05, 3.63) is 54.1 Å². The molecule has 2 N–H and O–H groups in total. The van der Waals surface area contributed by atoms with Crippen LogP contribution in [0.2, 0.25) is 0 Å². The van der Waals surface area contributed by atoms with Crippen LogP contribution in [0.15, 0.2) is 53.4 Å². The first-order chi connectivity index (χ1) is 12.5. The summed E-state index contributed by atoms with van der Waals surface area (Å²) in [6.07, 6.45) is 2.79. The minimum absolute atomic E-state index is 0.292. The number of rotatable bonds is 5. The van der Waals surface area contributed by atoms with Gasteiger partial charge >= 0.3 is 0 Å². The van der Waals surface area contributed by atoms with Gasteiger partial charge in [0.25, 0.3) is 0 Å². The summed E-state index contributed by atoms with van der Waals surface area (Å²) >= 11 is 5.36. The minimum atomic E-state index is -3.44. The van der Waals surface area contributed by atoms with Crippen molar-refractivity contribution in [1.82, 2.24) is 4.31 Å². The monoisotopic (exact) mass is 389 g/mol. The lowest BCUT2D eigenvalue weighted by Gasteiger charge is -2.17. The fourth-order valence-electron chi connectivity index (χ4n) is 2.97. The summed E-state index contributed by atoms with van der Waals surface area (Å²) in [5, 5.41) is 6.63. The summed E-state index contributed by atoms with van der Waals surface area (Å²) in [6.45, 7) is 3.28. The van der Waals surface area contributed by atoms with Crippen LogP contribution in [-0.4, -0.2) is 30.9 Å². The van der Waals surface area contributed by atoms with Crippen molar-refractivity contribution in [3.8, 4) is 0 Å². The molecule has 0 saturated carbocycles. The van der Waals surface area contributed by atoms with Crippen molar-refractivity contribution in [2.45, 2.75) is 31.1 Å². The fraction of sp³-hybridized carbons (Fsp3) is 0.316. The summed E-state index contributed by atoms with van der Waals surface area (Å²) in [5.41, 5.74) is 2.77. The van der Waals surface area contributed by atoms with E-state index in [9.17, 15) is 8.42 Å². The molecule has 0 amide bonds. The third kappa shape index (κ3) is 4.41. The van der Waals surface area contributed by atoms with Gasteiger partial charge in [0, 0.05) is 24.5 Å². The van der Waals surface area contributed by atoms with Crippen LogP contribution in [0.4, 0.5) is 11.4 Å². The van der Waals surface area contributed by atoms with Gasteiger partial charge in [-0.1, -0.05) is 25.1 Å². The van der Waals surface area contributed by atoms with Gasteiger partial charge in [-0.3, -0.25) is 0 Å². The number of anilines is 2. The molecule has 0 aliphatic carbocycles. The van der Waals surface area contributed by atoms with Crippen molar-refractivity contribution in [3.63, 3.8) is 0 Å². The minimum Gasteiger partial charge on any atom is -0.332 e. The maximum atomic E-state index is 12.7. The normalized spacial score (nSPS) is 15.0. The van der Waals surface area contributed by atoms with Crippen LogP contribution < -0.4 is 10.6 Å². The summed E-state index contributed by atoms with van der Waals surface area (Å²) in [6, 6.07) is 14.8. The van der Waals surface area contributed by atoms with E-state index in [1.54, 1.807) is 28.6 Å². The Hall–Kier alpha value is -1.96. The number of hydrogen-bond acceptors (Lipinski definition) is 3. The van der Waals surface area contributed by atoms with Gasteiger partial charge in [-0.2, -0.15) is 4.31 Å². The number of nitrogens with one attached hydrogen (secondary N) is 2. The van der Waals surface area contributed by atoms with Crippen molar-refractivity contribution in [2.75, 3.05) is 23.7 Å². The maximum Gasteiger partial charge on any atom is 0.243 e. The lowest BCUT2D eigenvalue weighted by atomic mass is 10.1. The average molecular weight is 390 g/mol. The molecule has 1 heterocycles. The van der Waals surface area contributed by atoms with E-state index >= 15 is 0 Å². The molecule has 3 rings (SSSR count). The summed E-state index contributed by atoms with van der Waals surface area (Å²) < 4.78 is 26.9. The zero-order chi connectivity index (χ0) is 18.6. The van der Waals surface area contributed by atoms with Gasteiger partial charge in [-0.25, -0.2) is 8.42 Å². The van der Waals surface area contributed by atoms with Gasteiger partial charge in [0.15, 0.2) is 5.11 Å². The largest absolute Gasteiger partial charge is 0.332 e. The van der Waals surface area contributed by atoms with Gasteiger partial charge in [-0.05, 0) is 67.4 Å². The average Bonchev–Trinajstić information content (AvgIpc) is 3.17. The molecule has 0 aromatic heterocycles. The second-order valence-electron chi connectivity index (χ2n) is 6.27. The first kappa shape index (κ1) is 18.8. The van der Waals surface area contributed by atoms with Crippen molar-refractivity contribution in [2.24, 2.45) is 0 Å². The van der Waals surface area contributed by atoms with Crippen LogP contribution in [0.1, 0.15) is 25.3 Å².